The van der Waals surface area contributed by atoms with E-state index in [1.165, 1.54) is 24.6 Å². The van der Waals surface area contributed by atoms with Gasteiger partial charge in [0, 0.05) is 67.7 Å². The van der Waals surface area contributed by atoms with Crippen LogP contribution in [-0.4, -0.2) is 83.4 Å². The molecule has 0 spiro atoms. The number of rotatable bonds is 4. The van der Waals surface area contributed by atoms with Gasteiger partial charge >= 0.3 is 0 Å². The molecule has 41 heavy (non-hydrogen) atoms. The summed E-state index contributed by atoms with van der Waals surface area (Å²) in [6, 6.07) is 10.9. The van der Waals surface area contributed by atoms with Crippen molar-refractivity contribution in [3.05, 3.63) is 70.2 Å². The lowest BCUT2D eigenvalue weighted by Crippen LogP contribution is -2.49. The standard InChI is InChI=1S/C31H36ClF2N5O2/c1-31(2,3)38-18-24(23-11-10-22(33)17-26(23)34)25(19-38)29(40)37-14-4-5-27(20-6-8-21(32)9-7-20)39(16-15-37)30(41)28-35-12-13-36-28/h6-13,17,24-25,27-28H,4-5,14-16,18-19H2,1-3H3. The smallest absolute Gasteiger partial charge is 0.270 e. The predicted octanol–water partition coefficient (Wildman–Crippen LogP) is 5.11. The molecule has 2 amide bonds. The van der Waals surface area contributed by atoms with Gasteiger partial charge in [-0.2, -0.15) is 0 Å². The molecule has 218 valence electrons. The molecule has 2 aromatic carbocycles. The Bertz CT molecular complexity index is 1330. The van der Waals surface area contributed by atoms with Crippen LogP contribution in [0.5, 0.6) is 0 Å². The maximum Gasteiger partial charge on any atom is 0.270 e. The van der Waals surface area contributed by atoms with Crippen LogP contribution in [0.1, 0.15) is 56.7 Å². The first-order chi connectivity index (χ1) is 19.5. The number of amides is 2. The number of hydrogen-bond donors (Lipinski definition) is 0. The molecule has 3 atom stereocenters. The van der Waals surface area contributed by atoms with Gasteiger partial charge < -0.3 is 9.80 Å². The lowest BCUT2D eigenvalue weighted by Gasteiger charge is -2.38. The topological polar surface area (TPSA) is 68.6 Å². The maximum absolute atomic E-state index is 15.0. The minimum Gasteiger partial charge on any atom is -0.341 e. The predicted molar refractivity (Wildman–Crippen MR) is 156 cm³/mol. The summed E-state index contributed by atoms with van der Waals surface area (Å²) >= 11 is 6.13. The van der Waals surface area contributed by atoms with Crippen molar-refractivity contribution < 1.29 is 18.4 Å². The number of likely N-dealkylation sites (tertiary alicyclic amines) is 1. The van der Waals surface area contributed by atoms with Crippen LogP contribution in [0.2, 0.25) is 5.02 Å². The molecular weight excluding hydrogens is 548 g/mol. The second-order valence-corrected chi connectivity index (χ2v) is 12.4. The fraction of sp³-hybridized carbons (Fsp3) is 0.484. The monoisotopic (exact) mass is 583 g/mol. The minimum absolute atomic E-state index is 0.0697. The molecule has 3 unspecified atom stereocenters. The van der Waals surface area contributed by atoms with Crippen LogP contribution in [0.25, 0.3) is 0 Å². The van der Waals surface area contributed by atoms with Crippen LogP contribution in [-0.2, 0) is 9.59 Å². The average Bonchev–Trinajstić information content (AvgIpc) is 3.60. The number of carbonyl (C=O) groups excluding carboxylic acids is 2. The van der Waals surface area contributed by atoms with Crippen LogP contribution < -0.4 is 0 Å². The first-order valence-electron chi connectivity index (χ1n) is 14.1. The Hall–Kier alpha value is -3.17. The van der Waals surface area contributed by atoms with E-state index in [1.807, 2.05) is 29.2 Å². The average molecular weight is 584 g/mol. The molecule has 2 fully saturated rings. The van der Waals surface area contributed by atoms with E-state index < -0.39 is 29.6 Å². The quantitative estimate of drug-likeness (QED) is 0.503. The highest BCUT2D eigenvalue weighted by atomic mass is 35.5. The third-order valence-corrected chi connectivity index (χ3v) is 8.68. The molecule has 0 aliphatic carbocycles. The molecule has 0 radical (unpaired) electrons. The first-order valence-corrected chi connectivity index (χ1v) is 14.5. The minimum atomic E-state index is -0.825. The molecule has 3 heterocycles. The van der Waals surface area contributed by atoms with Gasteiger partial charge in [-0.1, -0.05) is 29.8 Å². The van der Waals surface area contributed by atoms with Crippen LogP contribution in [0, 0.1) is 17.6 Å². The SMILES string of the molecule is CC(C)(C)N1CC(C(=O)N2CCCC(c3ccc(Cl)cc3)N(C(=O)C3N=CC=N3)CC2)C(c2ccc(F)cc2F)C1. The molecule has 7 nitrogen and oxygen atoms in total. The zero-order chi connectivity index (χ0) is 29.3. The van der Waals surface area contributed by atoms with Crippen LogP contribution in [0.3, 0.4) is 0 Å². The van der Waals surface area contributed by atoms with E-state index in [1.54, 1.807) is 4.90 Å². The van der Waals surface area contributed by atoms with E-state index >= 15 is 0 Å². The van der Waals surface area contributed by atoms with Crippen molar-refractivity contribution in [2.75, 3.05) is 32.7 Å². The number of benzene rings is 2. The zero-order valence-corrected chi connectivity index (χ0v) is 24.4. The largest absolute Gasteiger partial charge is 0.341 e. The second-order valence-electron chi connectivity index (χ2n) is 12.0. The summed E-state index contributed by atoms with van der Waals surface area (Å²) in [4.78, 5) is 41.9. The van der Waals surface area contributed by atoms with Gasteiger partial charge in [0.25, 0.3) is 5.91 Å². The van der Waals surface area contributed by atoms with Gasteiger partial charge in [0.15, 0.2) is 0 Å². The van der Waals surface area contributed by atoms with Crippen molar-refractivity contribution in [3.8, 4) is 0 Å². The third-order valence-electron chi connectivity index (χ3n) is 8.43. The summed E-state index contributed by atoms with van der Waals surface area (Å²) in [5, 5.41) is 0.618. The number of carbonyl (C=O) groups is 2. The molecule has 0 aromatic heterocycles. The lowest BCUT2D eigenvalue weighted by atomic mass is 9.87. The van der Waals surface area contributed by atoms with Gasteiger partial charge in [-0.05, 0) is 62.9 Å². The van der Waals surface area contributed by atoms with E-state index in [9.17, 15) is 18.4 Å². The third kappa shape index (κ3) is 6.36. The molecular formula is C31H36ClF2N5O2. The molecule has 10 heteroatoms. The molecule has 3 aliphatic rings. The van der Waals surface area contributed by atoms with E-state index in [2.05, 4.69) is 35.7 Å². The van der Waals surface area contributed by atoms with Crippen molar-refractivity contribution in [1.29, 1.82) is 0 Å². The van der Waals surface area contributed by atoms with Crippen LogP contribution >= 0.6 is 11.6 Å². The van der Waals surface area contributed by atoms with Gasteiger partial charge in [0.1, 0.15) is 11.6 Å². The van der Waals surface area contributed by atoms with Gasteiger partial charge in [0.05, 0.1) is 12.0 Å². The van der Waals surface area contributed by atoms with Crippen molar-refractivity contribution >= 4 is 35.8 Å². The summed E-state index contributed by atoms with van der Waals surface area (Å²) in [6.07, 6.45) is 3.54. The van der Waals surface area contributed by atoms with Crippen LogP contribution in [0.15, 0.2) is 52.4 Å². The molecule has 0 bridgehead atoms. The molecule has 2 aromatic rings. The van der Waals surface area contributed by atoms with Gasteiger partial charge in [0.2, 0.25) is 12.1 Å². The summed E-state index contributed by atoms with van der Waals surface area (Å²) in [5.74, 6) is -2.45. The Kier molecular flexibility index (Phi) is 8.57. The highest BCUT2D eigenvalue weighted by Gasteiger charge is 2.45. The summed E-state index contributed by atoms with van der Waals surface area (Å²) in [7, 11) is 0. The van der Waals surface area contributed by atoms with Gasteiger partial charge in [-0.3, -0.25) is 24.5 Å². The van der Waals surface area contributed by atoms with Crippen molar-refractivity contribution in [2.45, 2.75) is 57.3 Å². The molecule has 2 saturated heterocycles. The van der Waals surface area contributed by atoms with Crippen molar-refractivity contribution in [3.63, 3.8) is 0 Å². The number of hydrogen-bond acceptors (Lipinski definition) is 5. The first kappa shape index (κ1) is 29.3. The van der Waals surface area contributed by atoms with E-state index in [0.717, 1.165) is 11.6 Å². The van der Waals surface area contributed by atoms with E-state index in [4.69, 9.17) is 11.6 Å². The highest BCUT2D eigenvalue weighted by molar-refractivity contribution is 6.30. The second kappa shape index (κ2) is 12.0. The van der Waals surface area contributed by atoms with Crippen molar-refractivity contribution in [2.24, 2.45) is 15.9 Å². The van der Waals surface area contributed by atoms with Crippen LogP contribution in [0.4, 0.5) is 8.78 Å². The molecule has 3 aliphatic heterocycles. The lowest BCUT2D eigenvalue weighted by molar-refractivity contribution is -0.141. The fourth-order valence-corrected chi connectivity index (χ4v) is 6.28. The summed E-state index contributed by atoms with van der Waals surface area (Å²) < 4.78 is 28.7. The van der Waals surface area contributed by atoms with Gasteiger partial charge in [-0.25, -0.2) is 8.78 Å². The molecule has 0 saturated carbocycles. The Morgan fingerprint density at radius 2 is 1.63 bits per heavy atom. The van der Waals surface area contributed by atoms with E-state index in [-0.39, 0.29) is 23.4 Å². The summed E-state index contributed by atoms with van der Waals surface area (Å²) in [6.45, 7) is 8.35. The Morgan fingerprint density at radius 1 is 0.927 bits per heavy atom. The fourth-order valence-electron chi connectivity index (χ4n) is 6.15. The molecule has 5 rings (SSSR count). The normalized spacial score (nSPS) is 24.1. The highest BCUT2D eigenvalue weighted by Crippen LogP contribution is 2.39. The molecule has 0 N–H and O–H groups in total. The maximum atomic E-state index is 15.0. The number of aliphatic imine (C=N–C) groups is 2. The number of halogens is 3. The zero-order valence-electron chi connectivity index (χ0n) is 23.6. The number of nitrogens with zero attached hydrogens (tertiary/aromatic N) is 5. The van der Waals surface area contributed by atoms with Crippen molar-refractivity contribution in [1.82, 2.24) is 14.7 Å². The Morgan fingerprint density at radius 3 is 2.29 bits per heavy atom. The Labute approximate surface area is 244 Å². The summed E-state index contributed by atoms with van der Waals surface area (Å²) in [5.41, 5.74) is 1.11. The van der Waals surface area contributed by atoms with E-state index in [0.29, 0.717) is 56.2 Å². The van der Waals surface area contributed by atoms with Gasteiger partial charge in [-0.15, -0.1) is 0 Å². The Balaban J connectivity index is 1.40.